The van der Waals surface area contributed by atoms with Gasteiger partial charge in [-0.1, -0.05) is 50.3 Å². The second-order valence-corrected chi connectivity index (χ2v) is 3.48. The van der Waals surface area contributed by atoms with Crippen LogP contribution in [0, 0.1) is 6.92 Å². The highest BCUT2D eigenvalue weighted by Gasteiger charge is 1.94. The Balaban J connectivity index is 0.00000137. The molecule has 1 aromatic rings. The largest absolute Gasteiger partial charge is 0.366 e. The molecule has 0 saturated heterocycles. The average Bonchev–Trinajstić information content (AvgIpc) is 2.39. The number of allylic oxidation sites excluding steroid dienone is 4. The first-order valence-electron chi connectivity index (χ1n) is 6.21. The van der Waals surface area contributed by atoms with Crippen molar-refractivity contribution in [2.45, 2.75) is 27.7 Å². The third-order valence-electron chi connectivity index (χ3n) is 1.95. The lowest BCUT2D eigenvalue weighted by Gasteiger charge is -2.05. The SMILES string of the molecule is C=C/C=C\C=C(/C)CNc1ccnc(C)n1.CC. The fourth-order valence-corrected chi connectivity index (χ4v) is 1.14. The summed E-state index contributed by atoms with van der Waals surface area (Å²) in [5.74, 6) is 1.63. The second kappa shape index (κ2) is 10.3. The lowest BCUT2D eigenvalue weighted by atomic mass is 10.2. The molecule has 18 heavy (non-hydrogen) atoms. The zero-order valence-corrected chi connectivity index (χ0v) is 11.8. The molecule has 1 heterocycles. The van der Waals surface area contributed by atoms with Gasteiger partial charge in [-0.3, -0.25) is 0 Å². The van der Waals surface area contributed by atoms with E-state index in [1.807, 2.05) is 45.1 Å². The third kappa shape index (κ3) is 7.39. The molecule has 0 aliphatic carbocycles. The minimum Gasteiger partial charge on any atom is -0.366 e. The van der Waals surface area contributed by atoms with Gasteiger partial charge in [-0.15, -0.1) is 0 Å². The van der Waals surface area contributed by atoms with Gasteiger partial charge in [-0.05, 0) is 19.9 Å². The van der Waals surface area contributed by atoms with E-state index in [4.69, 9.17) is 0 Å². The highest BCUT2D eigenvalue weighted by molar-refractivity contribution is 5.35. The summed E-state index contributed by atoms with van der Waals surface area (Å²) in [6.45, 7) is 12.3. The van der Waals surface area contributed by atoms with Crippen molar-refractivity contribution in [2.24, 2.45) is 0 Å². The van der Waals surface area contributed by atoms with Crippen molar-refractivity contribution in [2.75, 3.05) is 11.9 Å². The van der Waals surface area contributed by atoms with E-state index in [0.717, 1.165) is 18.2 Å². The Hall–Kier alpha value is -1.90. The van der Waals surface area contributed by atoms with Gasteiger partial charge in [0.2, 0.25) is 0 Å². The summed E-state index contributed by atoms with van der Waals surface area (Å²) in [6.07, 6.45) is 9.42. The highest BCUT2D eigenvalue weighted by Crippen LogP contribution is 2.02. The number of nitrogens with zero attached hydrogens (tertiary/aromatic N) is 2. The van der Waals surface area contributed by atoms with Gasteiger partial charge in [0.15, 0.2) is 0 Å². The number of nitrogens with one attached hydrogen (secondary N) is 1. The van der Waals surface area contributed by atoms with Gasteiger partial charge >= 0.3 is 0 Å². The molecule has 0 fully saturated rings. The number of hydrogen-bond donors (Lipinski definition) is 1. The average molecular weight is 245 g/mol. The molecule has 0 radical (unpaired) electrons. The summed E-state index contributed by atoms with van der Waals surface area (Å²) in [6, 6.07) is 1.86. The van der Waals surface area contributed by atoms with Crippen LogP contribution in [-0.2, 0) is 0 Å². The normalized spacial score (nSPS) is 10.8. The highest BCUT2D eigenvalue weighted by atomic mass is 15.0. The summed E-state index contributed by atoms with van der Waals surface area (Å²) in [4.78, 5) is 8.30. The molecular weight excluding hydrogens is 222 g/mol. The zero-order chi connectivity index (χ0) is 13.8. The maximum absolute atomic E-state index is 4.26. The van der Waals surface area contributed by atoms with Crippen LogP contribution in [0.3, 0.4) is 0 Å². The van der Waals surface area contributed by atoms with Crippen LogP contribution >= 0.6 is 0 Å². The minimum atomic E-state index is 0.776. The van der Waals surface area contributed by atoms with Crippen LogP contribution in [0.1, 0.15) is 26.6 Å². The van der Waals surface area contributed by atoms with Gasteiger partial charge < -0.3 is 5.32 Å². The van der Waals surface area contributed by atoms with Crippen molar-refractivity contribution in [3.8, 4) is 0 Å². The number of rotatable bonds is 5. The van der Waals surface area contributed by atoms with Gasteiger partial charge in [-0.25, -0.2) is 9.97 Å². The molecule has 1 N–H and O–H groups in total. The molecule has 0 atom stereocenters. The van der Waals surface area contributed by atoms with E-state index in [9.17, 15) is 0 Å². The molecule has 0 bridgehead atoms. The maximum Gasteiger partial charge on any atom is 0.129 e. The standard InChI is InChI=1S/C13H17N3.C2H6/c1-4-5-6-7-11(2)10-15-13-8-9-14-12(3)16-13;1-2/h4-9H,1,10H2,2-3H3,(H,14,15,16);1-2H3/b6-5-,11-7+;. The second-order valence-electron chi connectivity index (χ2n) is 3.48. The Labute approximate surface area is 110 Å². The molecule has 0 saturated carbocycles. The Morgan fingerprint density at radius 1 is 1.39 bits per heavy atom. The first-order valence-corrected chi connectivity index (χ1v) is 6.21. The Morgan fingerprint density at radius 2 is 2.11 bits per heavy atom. The number of aryl methyl sites for hydroxylation is 1. The van der Waals surface area contributed by atoms with E-state index >= 15 is 0 Å². The molecule has 3 nitrogen and oxygen atoms in total. The van der Waals surface area contributed by atoms with Crippen LogP contribution in [0.15, 0.2) is 48.7 Å². The van der Waals surface area contributed by atoms with E-state index in [-0.39, 0.29) is 0 Å². The van der Waals surface area contributed by atoms with E-state index < -0.39 is 0 Å². The minimum absolute atomic E-state index is 0.776. The topological polar surface area (TPSA) is 37.8 Å². The number of hydrogen-bond acceptors (Lipinski definition) is 3. The van der Waals surface area contributed by atoms with Gasteiger partial charge in [0.25, 0.3) is 0 Å². The molecule has 0 unspecified atom stereocenters. The fourth-order valence-electron chi connectivity index (χ4n) is 1.14. The van der Waals surface area contributed by atoms with Gasteiger partial charge in [0.05, 0.1) is 0 Å². The van der Waals surface area contributed by atoms with Gasteiger partial charge in [-0.2, -0.15) is 0 Å². The number of anilines is 1. The zero-order valence-electron chi connectivity index (χ0n) is 11.8. The van der Waals surface area contributed by atoms with Crippen LogP contribution in [0.5, 0.6) is 0 Å². The van der Waals surface area contributed by atoms with Crippen LogP contribution in [0.2, 0.25) is 0 Å². The van der Waals surface area contributed by atoms with Crippen molar-refractivity contribution in [1.82, 2.24) is 9.97 Å². The monoisotopic (exact) mass is 245 g/mol. The van der Waals surface area contributed by atoms with Crippen molar-refractivity contribution in [3.63, 3.8) is 0 Å². The summed E-state index contributed by atoms with van der Waals surface area (Å²) in [5, 5.41) is 3.23. The van der Waals surface area contributed by atoms with Gasteiger partial charge in [0, 0.05) is 12.7 Å². The van der Waals surface area contributed by atoms with Crippen molar-refractivity contribution < 1.29 is 0 Å². The Bertz CT molecular complexity index is 406. The maximum atomic E-state index is 4.26. The Kier molecular flexibility index (Phi) is 9.18. The quantitative estimate of drug-likeness (QED) is 0.799. The van der Waals surface area contributed by atoms with Crippen LogP contribution < -0.4 is 5.32 Å². The van der Waals surface area contributed by atoms with Crippen molar-refractivity contribution >= 4 is 5.82 Å². The molecule has 0 amide bonds. The first-order chi connectivity index (χ1) is 8.72. The van der Waals surface area contributed by atoms with Crippen LogP contribution in [0.4, 0.5) is 5.82 Å². The molecule has 0 aromatic carbocycles. The summed E-state index contributed by atoms with van der Waals surface area (Å²) >= 11 is 0. The molecule has 0 aliphatic rings. The summed E-state index contributed by atoms with van der Waals surface area (Å²) in [5.41, 5.74) is 1.23. The smallest absolute Gasteiger partial charge is 0.129 e. The van der Waals surface area contributed by atoms with E-state index in [1.165, 1.54) is 5.57 Å². The van der Waals surface area contributed by atoms with Crippen molar-refractivity contribution in [1.29, 1.82) is 0 Å². The molecule has 1 rings (SSSR count). The Morgan fingerprint density at radius 3 is 2.72 bits per heavy atom. The van der Waals surface area contributed by atoms with E-state index in [1.54, 1.807) is 12.3 Å². The first kappa shape index (κ1) is 16.1. The van der Waals surface area contributed by atoms with E-state index in [0.29, 0.717) is 0 Å². The predicted octanol–water partition coefficient (Wildman–Crippen LogP) is 3.91. The summed E-state index contributed by atoms with van der Waals surface area (Å²) < 4.78 is 0. The molecule has 1 aromatic heterocycles. The summed E-state index contributed by atoms with van der Waals surface area (Å²) in [7, 11) is 0. The molecule has 0 aliphatic heterocycles. The molecular formula is C15H23N3. The lowest BCUT2D eigenvalue weighted by molar-refractivity contribution is 1.04. The molecule has 3 heteroatoms. The van der Waals surface area contributed by atoms with E-state index in [2.05, 4.69) is 28.8 Å². The predicted molar refractivity (Wildman–Crippen MR) is 79.7 cm³/mol. The third-order valence-corrected chi connectivity index (χ3v) is 1.95. The van der Waals surface area contributed by atoms with Crippen molar-refractivity contribution in [3.05, 3.63) is 54.5 Å². The molecule has 0 spiro atoms. The fraction of sp³-hybridized carbons (Fsp3) is 0.333. The van der Waals surface area contributed by atoms with Crippen LogP contribution in [-0.4, -0.2) is 16.5 Å². The van der Waals surface area contributed by atoms with Gasteiger partial charge in [0.1, 0.15) is 11.6 Å². The van der Waals surface area contributed by atoms with Crippen LogP contribution in [0.25, 0.3) is 0 Å². The number of aromatic nitrogens is 2. The molecule has 98 valence electrons. The lowest BCUT2D eigenvalue weighted by Crippen LogP contribution is -2.05.